The second-order valence-corrected chi connectivity index (χ2v) is 7.26. The first-order valence-corrected chi connectivity index (χ1v) is 10.0. The molecule has 0 aliphatic rings. The fourth-order valence-electron chi connectivity index (χ4n) is 2.67. The number of aryl methyl sites for hydroxylation is 1. The number of hydrogen-bond donors (Lipinski definition) is 1. The summed E-state index contributed by atoms with van der Waals surface area (Å²) in [5, 5.41) is 0. The molecule has 1 unspecified atom stereocenters. The van der Waals surface area contributed by atoms with E-state index in [1.165, 1.54) is 18.7 Å². The normalized spacial score (nSPS) is 11.6. The number of rotatable bonds is 10. The second-order valence-electron chi connectivity index (χ2n) is 5.95. The van der Waals surface area contributed by atoms with Gasteiger partial charge >= 0.3 is 5.97 Å². The molecule has 28 heavy (non-hydrogen) atoms. The number of halogens is 1. The molecule has 1 atom stereocenters. The van der Waals surface area contributed by atoms with E-state index in [2.05, 4.69) is 9.46 Å². The highest BCUT2D eigenvalue weighted by atomic mass is 32.2. The predicted molar refractivity (Wildman–Crippen MR) is 107 cm³/mol. The summed E-state index contributed by atoms with van der Waals surface area (Å²) >= 11 is 0. The van der Waals surface area contributed by atoms with Gasteiger partial charge in [0.2, 0.25) is 0 Å². The molecule has 2 aromatic rings. The van der Waals surface area contributed by atoms with Crippen LogP contribution in [0.2, 0.25) is 0 Å². The lowest BCUT2D eigenvalue weighted by atomic mass is 10.1. The van der Waals surface area contributed by atoms with E-state index < -0.39 is 22.8 Å². The first kappa shape index (κ1) is 21.7. The average Bonchev–Trinajstić information content (AvgIpc) is 2.72. The van der Waals surface area contributed by atoms with E-state index >= 15 is 0 Å². The van der Waals surface area contributed by atoms with Crippen LogP contribution in [0.3, 0.4) is 0 Å². The molecule has 0 bridgehead atoms. The van der Waals surface area contributed by atoms with E-state index in [9.17, 15) is 13.4 Å². The molecule has 1 N–H and O–H groups in total. The zero-order valence-electron chi connectivity index (χ0n) is 16.1. The summed E-state index contributed by atoms with van der Waals surface area (Å²) in [5.41, 5.74) is 1.13. The summed E-state index contributed by atoms with van der Waals surface area (Å²) in [6.45, 7) is 0. The smallest absolute Gasteiger partial charge is 0.344 e. The van der Waals surface area contributed by atoms with Crippen LogP contribution < -0.4 is 14.2 Å². The van der Waals surface area contributed by atoms with Gasteiger partial charge in [0.05, 0.1) is 27.0 Å². The SMILES string of the molecule is COC(=O)c1c(F)ccc(NS(=O)CCCCc2ccc(OC)cc2)c1OC. The van der Waals surface area contributed by atoms with Gasteiger partial charge in [-0.05, 0) is 49.1 Å². The topological polar surface area (TPSA) is 73.9 Å². The van der Waals surface area contributed by atoms with Gasteiger partial charge in [0.15, 0.2) is 5.75 Å². The van der Waals surface area contributed by atoms with Gasteiger partial charge in [0.1, 0.15) is 28.1 Å². The summed E-state index contributed by atoms with van der Waals surface area (Å²) in [7, 11) is 2.69. The quantitative estimate of drug-likeness (QED) is 0.478. The lowest BCUT2D eigenvalue weighted by molar-refractivity contribution is 0.0591. The number of carbonyl (C=O) groups is 1. The van der Waals surface area contributed by atoms with E-state index in [4.69, 9.17) is 9.47 Å². The largest absolute Gasteiger partial charge is 0.497 e. The number of methoxy groups -OCH3 is 3. The van der Waals surface area contributed by atoms with Gasteiger partial charge in [-0.25, -0.2) is 13.4 Å². The number of esters is 1. The van der Waals surface area contributed by atoms with Crippen molar-refractivity contribution in [2.75, 3.05) is 31.8 Å². The van der Waals surface area contributed by atoms with E-state index in [0.717, 1.165) is 38.2 Å². The molecule has 0 saturated heterocycles. The van der Waals surface area contributed by atoms with Gasteiger partial charge in [-0.15, -0.1) is 0 Å². The van der Waals surface area contributed by atoms with Gasteiger partial charge in [0, 0.05) is 5.75 Å². The van der Waals surface area contributed by atoms with Crippen LogP contribution >= 0.6 is 0 Å². The Bertz CT molecular complexity index is 826. The number of benzene rings is 2. The fraction of sp³-hybridized carbons (Fsp3) is 0.350. The van der Waals surface area contributed by atoms with Crippen molar-refractivity contribution in [2.45, 2.75) is 19.3 Å². The monoisotopic (exact) mass is 409 g/mol. The molecule has 0 radical (unpaired) electrons. The zero-order valence-corrected chi connectivity index (χ0v) is 16.9. The minimum absolute atomic E-state index is 0.0292. The van der Waals surface area contributed by atoms with Crippen LogP contribution in [0.5, 0.6) is 11.5 Å². The van der Waals surface area contributed by atoms with Crippen LogP contribution in [-0.2, 0) is 22.1 Å². The molecule has 0 aliphatic carbocycles. The summed E-state index contributed by atoms with van der Waals surface area (Å²) in [5.74, 6) is -0.431. The number of ether oxygens (including phenoxy) is 3. The van der Waals surface area contributed by atoms with Crippen molar-refractivity contribution in [3.63, 3.8) is 0 Å². The zero-order chi connectivity index (χ0) is 20.5. The molecule has 8 heteroatoms. The van der Waals surface area contributed by atoms with Gasteiger partial charge < -0.3 is 18.9 Å². The minimum Gasteiger partial charge on any atom is -0.497 e. The van der Waals surface area contributed by atoms with Crippen LogP contribution in [-0.4, -0.2) is 37.3 Å². The molecule has 2 rings (SSSR count). The lowest BCUT2D eigenvalue weighted by Gasteiger charge is -2.14. The maximum absolute atomic E-state index is 14.0. The Labute approximate surface area is 166 Å². The van der Waals surface area contributed by atoms with Crippen LogP contribution in [0, 0.1) is 5.82 Å². The Balaban J connectivity index is 1.91. The lowest BCUT2D eigenvalue weighted by Crippen LogP contribution is -2.13. The highest BCUT2D eigenvalue weighted by molar-refractivity contribution is 7.86. The molecule has 2 aromatic carbocycles. The highest BCUT2D eigenvalue weighted by Crippen LogP contribution is 2.32. The molecule has 0 heterocycles. The van der Waals surface area contributed by atoms with Crippen LogP contribution in [0.1, 0.15) is 28.8 Å². The molecule has 0 saturated carbocycles. The Morgan fingerprint density at radius 1 is 1.04 bits per heavy atom. The third-order valence-electron chi connectivity index (χ3n) is 4.13. The summed E-state index contributed by atoms with van der Waals surface area (Å²) in [4.78, 5) is 11.8. The molecule has 0 aliphatic heterocycles. The molecule has 0 spiro atoms. The van der Waals surface area contributed by atoms with E-state index in [0.29, 0.717) is 5.75 Å². The molecule has 0 fully saturated rings. The van der Waals surface area contributed by atoms with E-state index in [1.54, 1.807) is 7.11 Å². The molecule has 152 valence electrons. The van der Waals surface area contributed by atoms with Crippen molar-refractivity contribution in [3.05, 3.63) is 53.3 Å². The number of hydrogen-bond acceptors (Lipinski definition) is 5. The van der Waals surface area contributed by atoms with Gasteiger partial charge in [-0.1, -0.05) is 12.1 Å². The first-order valence-electron chi connectivity index (χ1n) is 8.73. The number of carbonyl (C=O) groups excluding carboxylic acids is 1. The van der Waals surface area contributed by atoms with Crippen molar-refractivity contribution in [1.29, 1.82) is 0 Å². The van der Waals surface area contributed by atoms with Crippen molar-refractivity contribution in [1.82, 2.24) is 0 Å². The summed E-state index contributed by atoms with van der Waals surface area (Å²) in [6.07, 6.45) is 2.47. The standard InChI is InChI=1S/C20H24FNO5S/c1-25-15-9-7-14(8-10-15)6-4-5-13-28(24)22-17-12-11-16(21)18(19(17)26-2)20(23)27-3/h7-12,22H,4-6,13H2,1-3H3. The van der Waals surface area contributed by atoms with Gasteiger partial charge in [-0.2, -0.15) is 0 Å². The van der Waals surface area contributed by atoms with Crippen molar-refractivity contribution < 1.29 is 27.6 Å². The molecular formula is C20H24FNO5S. The Morgan fingerprint density at radius 3 is 2.36 bits per heavy atom. The van der Waals surface area contributed by atoms with Crippen molar-refractivity contribution >= 4 is 22.6 Å². The molecule has 0 aromatic heterocycles. The van der Waals surface area contributed by atoms with Crippen LogP contribution in [0.4, 0.5) is 10.1 Å². The van der Waals surface area contributed by atoms with Gasteiger partial charge in [0.25, 0.3) is 0 Å². The van der Waals surface area contributed by atoms with Crippen molar-refractivity contribution in [3.8, 4) is 11.5 Å². The predicted octanol–water partition coefficient (Wildman–Crippen LogP) is 3.73. The molecular weight excluding hydrogens is 385 g/mol. The number of unbranched alkanes of at least 4 members (excludes halogenated alkanes) is 1. The van der Waals surface area contributed by atoms with Crippen molar-refractivity contribution in [2.24, 2.45) is 0 Å². The Kier molecular flexibility index (Phi) is 8.25. The third kappa shape index (κ3) is 5.69. The average molecular weight is 409 g/mol. The summed E-state index contributed by atoms with van der Waals surface area (Å²) < 4.78 is 43.9. The highest BCUT2D eigenvalue weighted by Gasteiger charge is 2.22. The minimum atomic E-state index is -1.40. The fourth-order valence-corrected chi connectivity index (χ4v) is 3.65. The Morgan fingerprint density at radius 2 is 1.75 bits per heavy atom. The molecule has 6 nitrogen and oxygen atoms in total. The second kappa shape index (κ2) is 10.7. The number of nitrogens with one attached hydrogen (secondary N) is 1. The summed E-state index contributed by atoms with van der Waals surface area (Å²) in [6, 6.07) is 10.3. The molecule has 0 amide bonds. The van der Waals surface area contributed by atoms with E-state index in [1.807, 2.05) is 24.3 Å². The third-order valence-corrected chi connectivity index (χ3v) is 5.24. The first-order chi connectivity index (χ1) is 13.5. The van der Waals surface area contributed by atoms with E-state index in [-0.39, 0.29) is 17.0 Å². The van der Waals surface area contributed by atoms with Crippen LogP contribution in [0.25, 0.3) is 0 Å². The Hall–Kier alpha value is -2.61. The van der Waals surface area contributed by atoms with Crippen LogP contribution in [0.15, 0.2) is 36.4 Å². The number of anilines is 1. The van der Waals surface area contributed by atoms with Gasteiger partial charge in [-0.3, -0.25) is 0 Å². The maximum Gasteiger partial charge on any atom is 0.344 e. The maximum atomic E-state index is 14.0.